The largest absolute Gasteiger partial charge is 0.354 e. The number of rotatable bonds is 2. The summed E-state index contributed by atoms with van der Waals surface area (Å²) >= 11 is 0. The third-order valence-electron chi connectivity index (χ3n) is 3.10. The number of carbonyl (C=O) groups is 1. The average molecular weight is 229 g/mol. The lowest BCUT2D eigenvalue weighted by Crippen LogP contribution is -2.38. The first-order valence-electron chi connectivity index (χ1n) is 6.02. The summed E-state index contributed by atoms with van der Waals surface area (Å²) in [6, 6.07) is 7.88. The molecule has 1 aromatic rings. The molecule has 1 heterocycles. The molecule has 0 spiro atoms. The van der Waals surface area contributed by atoms with Crippen LogP contribution in [0.4, 0.5) is 0 Å². The highest BCUT2D eigenvalue weighted by Gasteiger charge is 2.24. The van der Waals surface area contributed by atoms with Crippen molar-refractivity contribution in [2.75, 3.05) is 13.1 Å². The summed E-state index contributed by atoms with van der Waals surface area (Å²) in [5.41, 5.74) is 1.99. The first-order chi connectivity index (χ1) is 8.33. The highest BCUT2D eigenvalue weighted by molar-refractivity contribution is 6.06. The molecule has 17 heavy (non-hydrogen) atoms. The Bertz CT molecular complexity index is 477. The van der Waals surface area contributed by atoms with E-state index >= 15 is 0 Å². The Morgan fingerprint density at radius 2 is 2.29 bits per heavy atom. The third kappa shape index (κ3) is 2.30. The van der Waals surface area contributed by atoms with Gasteiger partial charge in [0.15, 0.2) is 5.96 Å². The maximum Gasteiger partial charge on any atom is 0.257 e. The van der Waals surface area contributed by atoms with Gasteiger partial charge in [0.2, 0.25) is 0 Å². The molecule has 0 radical (unpaired) electrons. The summed E-state index contributed by atoms with van der Waals surface area (Å²) in [4.78, 5) is 16.1. The molecular formula is C13H15N3O. The van der Waals surface area contributed by atoms with E-state index in [0.717, 1.165) is 13.1 Å². The maximum atomic E-state index is 12.0. The Labute approximate surface area is 100 Å². The van der Waals surface area contributed by atoms with Gasteiger partial charge < -0.3 is 5.32 Å². The van der Waals surface area contributed by atoms with Crippen molar-refractivity contribution in [1.82, 2.24) is 10.6 Å². The van der Waals surface area contributed by atoms with Crippen LogP contribution in [0.1, 0.15) is 34.7 Å². The number of carbonyl (C=O) groups excluding carboxylic acids is 1. The molecule has 4 nitrogen and oxygen atoms in total. The van der Waals surface area contributed by atoms with Gasteiger partial charge in [-0.1, -0.05) is 12.1 Å². The summed E-state index contributed by atoms with van der Waals surface area (Å²) in [6.45, 7) is 1.54. The number of aliphatic imine (C=N–C) groups is 1. The maximum absolute atomic E-state index is 12.0. The quantitative estimate of drug-likeness (QED) is 0.802. The van der Waals surface area contributed by atoms with E-state index in [1.165, 1.54) is 18.4 Å². The van der Waals surface area contributed by atoms with Crippen molar-refractivity contribution in [1.29, 1.82) is 0 Å². The van der Waals surface area contributed by atoms with Gasteiger partial charge in [-0.25, -0.2) is 0 Å². The lowest BCUT2D eigenvalue weighted by molar-refractivity contribution is 0.0976. The van der Waals surface area contributed by atoms with Gasteiger partial charge in [0.1, 0.15) is 0 Å². The first kappa shape index (κ1) is 10.3. The highest BCUT2D eigenvalue weighted by Crippen LogP contribution is 2.40. The Morgan fingerprint density at radius 1 is 1.41 bits per heavy atom. The molecule has 1 saturated carbocycles. The van der Waals surface area contributed by atoms with Gasteiger partial charge in [-0.05, 0) is 36.5 Å². The zero-order valence-corrected chi connectivity index (χ0v) is 9.57. The van der Waals surface area contributed by atoms with E-state index in [2.05, 4.69) is 21.7 Å². The van der Waals surface area contributed by atoms with E-state index < -0.39 is 0 Å². The fourth-order valence-electron chi connectivity index (χ4n) is 2.01. The number of nitrogens with one attached hydrogen (secondary N) is 2. The third-order valence-corrected chi connectivity index (χ3v) is 3.10. The van der Waals surface area contributed by atoms with E-state index in [4.69, 9.17) is 0 Å². The van der Waals surface area contributed by atoms with Crippen LogP contribution in [0.25, 0.3) is 0 Å². The van der Waals surface area contributed by atoms with Gasteiger partial charge >= 0.3 is 0 Å². The molecule has 2 aliphatic rings. The van der Waals surface area contributed by atoms with E-state index in [9.17, 15) is 4.79 Å². The van der Waals surface area contributed by atoms with Gasteiger partial charge in [0, 0.05) is 12.1 Å². The van der Waals surface area contributed by atoms with Crippen molar-refractivity contribution in [3.05, 3.63) is 35.4 Å². The molecule has 0 aromatic heterocycles. The lowest BCUT2D eigenvalue weighted by atomic mass is 10.1. The van der Waals surface area contributed by atoms with Crippen LogP contribution < -0.4 is 10.6 Å². The lowest BCUT2D eigenvalue weighted by Gasteiger charge is -2.06. The van der Waals surface area contributed by atoms with Crippen LogP contribution in [0.5, 0.6) is 0 Å². The SMILES string of the molecule is O=C(NC1=NCCN1)c1cccc(C2CC2)c1. The molecule has 0 saturated heterocycles. The normalized spacial score (nSPS) is 18.5. The van der Waals surface area contributed by atoms with Crippen LogP contribution in [0.2, 0.25) is 0 Å². The van der Waals surface area contributed by atoms with Crippen molar-refractivity contribution >= 4 is 11.9 Å². The summed E-state index contributed by atoms with van der Waals surface area (Å²) in [5, 5.41) is 5.81. The van der Waals surface area contributed by atoms with Crippen molar-refractivity contribution < 1.29 is 4.79 Å². The fraction of sp³-hybridized carbons (Fsp3) is 0.385. The van der Waals surface area contributed by atoms with Crippen molar-refractivity contribution in [3.8, 4) is 0 Å². The van der Waals surface area contributed by atoms with Crippen molar-refractivity contribution in [2.45, 2.75) is 18.8 Å². The first-order valence-corrected chi connectivity index (χ1v) is 6.02. The van der Waals surface area contributed by atoms with E-state index in [0.29, 0.717) is 17.4 Å². The molecule has 3 rings (SSSR count). The molecule has 0 bridgehead atoms. The molecule has 0 unspecified atom stereocenters. The van der Waals surface area contributed by atoms with E-state index in [1.54, 1.807) is 0 Å². The summed E-state index contributed by atoms with van der Waals surface area (Å²) in [7, 11) is 0. The van der Waals surface area contributed by atoms with E-state index in [-0.39, 0.29) is 5.91 Å². The Hall–Kier alpha value is -1.84. The molecule has 4 heteroatoms. The fourth-order valence-corrected chi connectivity index (χ4v) is 2.01. The van der Waals surface area contributed by atoms with Crippen LogP contribution in [0.15, 0.2) is 29.3 Å². The number of nitrogens with zero attached hydrogens (tertiary/aromatic N) is 1. The highest BCUT2D eigenvalue weighted by atomic mass is 16.1. The molecule has 1 aliphatic carbocycles. The summed E-state index contributed by atoms with van der Waals surface area (Å²) in [6.07, 6.45) is 2.50. The molecule has 1 aromatic carbocycles. The minimum atomic E-state index is -0.0827. The summed E-state index contributed by atoms with van der Waals surface area (Å²) < 4.78 is 0. The molecule has 1 amide bonds. The smallest absolute Gasteiger partial charge is 0.257 e. The molecule has 1 fully saturated rings. The number of guanidine groups is 1. The van der Waals surface area contributed by atoms with E-state index in [1.807, 2.05) is 18.2 Å². The number of hydrogen-bond donors (Lipinski definition) is 2. The zero-order chi connectivity index (χ0) is 11.7. The van der Waals surface area contributed by atoms with Crippen LogP contribution >= 0.6 is 0 Å². The minimum absolute atomic E-state index is 0.0827. The second-order valence-corrected chi connectivity index (χ2v) is 4.51. The number of hydrogen-bond acceptors (Lipinski definition) is 3. The average Bonchev–Trinajstić information content (AvgIpc) is 3.09. The predicted molar refractivity (Wildman–Crippen MR) is 66.2 cm³/mol. The van der Waals surface area contributed by atoms with Gasteiger partial charge in [-0.15, -0.1) is 0 Å². The van der Waals surface area contributed by atoms with Crippen LogP contribution in [0, 0.1) is 0 Å². The molecule has 1 aliphatic heterocycles. The second-order valence-electron chi connectivity index (χ2n) is 4.51. The second kappa shape index (κ2) is 4.20. The monoisotopic (exact) mass is 229 g/mol. The van der Waals surface area contributed by atoms with Gasteiger partial charge in [0.25, 0.3) is 5.91 Å². The van der Waals surface area contributed by atoms with Gasteiger partial charge in [-0.3, -0.25) is 15.1 Å². The van der Waals surface area contributed by atoms with Crippen LogP contribution in [-0.4, -0.2) is 25.0 Å². The zero-order valence-electron chi connectivity index (χ0n) is 9.57. The van der Waals surface area contributed by atoms with Crippen molar-refractivity contribution in [3.63, 3.8) is 0 Å². The summed E-state index contributed by atoms with van der Waals surface area (Å²) in [5.74, 6) is 1.18. The Kier molecular flexibility index (Phi) is 2.55. The predicted octanol–water partition coefficient (Wildman–Crippen LogP) is 1.25. The van der Waals surface area contributed by atoms with Gasteiger partial charge in [0.05, 0.1) is 6.54 Å². The van der Waals surface area contributed by atoms with Crippen molar-refractivity contribution in [2.24, 2.45) is 4.99 Å². The Morgan fingerprint density at radius 3 is 3.00 bits per heavy atom. The molecule has 0 atom stereocenters. The standard InChI is InChI=1S/C13H15N3O/c17-12(16-13-14-6-7-15-13)11-3-1-2-10(8-11)9-4-5-9/h1-3,8-9H,4-7H2,(H2,14,15,16,17). The number of amides is 1. The molecule has 2 N–H and O–H groups in total. The molecular weight excluding hydrogens is 214 g/mol. The van der Waals surface area contributed by atoms with Crippen LogP contribution in [-0.2, 0) is 0 Å². The minimum Gasteiger partial charge on any atom is -0.354 e. The topological polar surface area (TPSA) is 53.5 Å². The number of benzene rings is 1. The van der Waals surface area contributed by atoms with Gasteiger partial charge in [-0.2, -0.15) is 0 Å². The Balaban J connectivity index is 1.73. The molecule has 88 valence electrons. The van der Waals surface area contributed by atoms with Crippen LogP contribution in [0.3, 0.4) is 0 Å².